The van der Waals surface area contributed by atoms with Gasteiger partial charge in [0.2, 0.25) is 5.91 Å². The zero-order chi connectivity index (χ0) is 22.4. The lowest BCUT2D eigenvalue weighted by atomic mass is 10.1. The van der Waals surface area contributed by atoms with Gasteiger partial charge in [0.05, 0.1) is 0 Å². The number of halogens is 1. The third-order valence-electron chi connectivity index (χ3n) is 6.02. The number of carbonyl (C=O) groups excluding carboxylic acids is 2. The fourth-order valence-corrected chi connectivity index (χ4v) is 4.12. The van der Waals surface area contributed by atoms with Crippen molar-refractivity contribution >= 4 is 23.4 Å². The van der Waals surface area contributed by atoms with Crippen LogP contribution in [0, 0.1) is 13.8 Å². The van der Waals surface area contributed by atoms with Gasteiger partial charge in [0.25, 0.3) is 5.91 Å². The van der Waals surface area contributed by atoms with Crippen LogP contribution in [0.5, 0.6) is 5.75 Å². The number of benzene rings is 2. The quantitative estimate of drug-likeness (QED) is 0.638. The molecule has 1 unspecified atom stereocenters. The van der Waals surface area contributed by atoms with Crippen molar-refractivity contribution in [3.8, 4) is 5.75 Å². The minimum atomic E-state index is -0.616. The molecule has 0 spiro atoms. The van der Waals surface area contributed by atoms with Gasteiger partial charge in [-0.05, 0) is 68.5 Å². The molecule has 1 aliphatic carbocycles. The van der Waals surface area contributed by atoms with Crippen molar-refractivity contribution in [2.75, 3.05) is 6.61 Å². The van der Waals surface area contributed by atoms with Crippen LogP contribution in [-0.2, 0) is 16.1 Å². The Morgan fingerprint density at radius 1 is 1.16 bits per heavy atom. The molecule has 3 rings (SSSR count). The Balaban J connectivity index is 1.74. The van der Waals surface area contributed by atoms with Gasteiger partial charge in [0.1, 0.15) is 11.8 Å². The Hall–Kier alpha value is -2.53. The van der Waals surface area contributed by atoms with Gasteiger partial charge >= 0.3 is 0 Å². The van der Waals surface area contributed by atoms with Crippen LogP contribution in [0.4, 0.5) is 0 Å². The Bertz CT molecular complexity index is 925. The van der Waals surface area contributed by atoms with E-state index in [4.69, 9.17) is 16.3 Å². The Morgan fingerprint density at radius 3 is 2.58 bits per heavy atom. The summed E-state index contributed by atoms with van der Waals surface area (Å²) in [6.45, 7) is 5.90. The van der Waals surface area contributed by atoms with Crippen LogP contribution < -0.4 is 10.1 Å². The molecule has 1 N–H and O–H groups in total. The second-order valence-corrected chi connectivity index (χ2v) is 8.74. The highest BCUT2D eigenvalue weighted by atomic mass is 35.5. The zero-order valence-electron chi connectivity index (χ0n) is 18.5. The maximum atomic E-state index is 13.2. The molecule has 166 valence electrons. The van der Waals surface area contributed by atoms with E-state index in [9.17, 15) is 9.59 Å². The predicted molar refractivity (Wildman–Crippen MR) is 123 cm³/mol. The van der Waals surface area contributed by atoms with Crippen LogP contribution in [0.1, 0.15) is 49.3 Å². The first-order valence-corrected chi connectivity index (χ1v) is 11.3. The molecule has 2 aromatic carbocycles. The van der Waals surface area contributed by atoms with Crippen molar-refractivity contribution in [3.63, 3.8) is 0 Å². The summed E-state index contributed by atoms with van der Waals surface area (Å²) in [6.07, 6.45) is 4.26. The monoisotopic (exact) mass is 442 g/mol. The molecule has 0 heterocycles. The second-order valence-electron chi connectivity index (χ2n) is 8.30. The van der Waals surface area contributed by atoms with Crippen molar-refractivity contribution in [2.24, 2.45) is 0 Å². The summed E-state index contributed by atoms with van der Waals surface area (Å²) >= 11 is 6.13. The largest absolute Gasteiger partial charge is 0.483 e. The summed E-state index contributed by atoms with van der Waals surface area (Å²) in [6, 6.07) is 12.7. The van der Waals surface area contributed by atoms with Crippen molar-refractivity contribution in [1.29, 1.82) is 0 Å². The number of hydrogen-bond donors (Lipinski definition) is 1. The number of aryl methyl sites for hydroxylation is 1. The Labute approximate surface area is 189 Å². The highest BCUT2D eigenvalue weighted by molar-refractivity contribution is 6.30. The number of nitrogens with one attached hydrogen (secondary N) is 1. The second kappa shape index (κ2) is 10.7. The van der Waals surface area contributed by atoms with E-state index in [2.05, 4.69) is 5.32 Å². The van der Waals surface area contributed by atoms with Gasteiger partial charge in [-0.15, -0.1) is 0 Å². The van der Waals surface area contributed by atoms with Gasteiger partial charge in [0.15, 0.2) is 6.61 Å². The third-order valence-corrected chi connectivity index (χ3v) is 6.25. The van der Waals surface area contributed by atoms with Gasteiger partial charge in [-0.3, -0.25) is 9.59 Å². The minimum Gasteiger partial charge on any atom is -0.483 e. The van der Waals surface area contributed by atoms with Crippen LogP contribution in [0.25, 0.3) is 0 Å². The molecule has 1 aliphatic rings. The molecule has 0 aliphatic heterocycles. The summed E-state index contributed by atoms with van der Waals surface area (Å²) < 4.78 is 5.84. The fourth-order valence-electron chi connectivity index (χ4n) is 3.91. The molecule has 0 bridgehead atoms. The molecular weight excluding hydrogens is 412 g/mol. The van der Waals surface area contributed by atoms with Crippen molar-refractivity contribution in [3.05, 3.63) is 64.2 Å². The van der Waals surface area contributed by atoms with E-state index in [0.29, 0.717) is 10.8 Å². The van der Waals surface area contributed by atoms with E-state index in [1.54, 1.807) is 17.9 Å². The lowest BCUT2D eigenvalue weighted by Crippen LogP contribution is -2.50. The summed E-state index contributed by atoms with van der Waals surface area (Å²) in [5.74, 6) is 0.308. The van der Waals surface area contributed by atoms with Gasteiger partial charge in [-0.2, -0.15) is 0 Å². The minimum absolute atomic E-state index is 0.131. The first kappa shape index (κ1) is 23.1. The molecule has 0 saturated heterocycles. The van der Waals surface area contributed by atoms with Gasteiger partial charge in [0, 0.05) is 17.6 Å². The highest BCUT2D eigenvalue weighted by Crippen LogP contribution is 2.22. The van der Waals surface area contributed by atoms with E-state index in [1.807, 2.05) is 50.2 Å². The number of amides is 2. The van der Waals surface area contributed by atoms with Crippen molar-refractivity contribution < 1.29 is 14.3 Å². The van der Waals surface area contributed by atoms with Crippen LogP contribution in [-0.4, -0.2) is 35.4 Å². The van der Waals surface area contributed by atoms with Gasteiger partial charge < -0.3 is 15.0 Å². The maximum absolute atomic E-state index is 13.2. The van der Waals surface area contributed by atoms with E-state index in [-0.39, 0.29) is 31.0 Å². The lowest BCUT2D eigenvalue weighted by molar-refractivity contribution is -0.142. The summed E-state index contributed by atoms with van der Waals surface area (Å²) in [7, 11) is 0. The fraction of sp³-hybridized carbons (Fsp3) is 0.440. The number of carbonyl (C=O) groups is 2. The van der Waals surface area contributed by atoms with Crippen molar-refractivity contribution in [2.45, 2.75) is 65.1 Å². The normalized spacial score (nSPS) is 14.8. The van der Waals surface area contributed by atoms with Crippen LogP contribution in [0.15, 0.2) is 42.5 Å². The average Bonchev–Trinajstić information content (AvgIpc) is 3.25. The molecule has 2 amide bonds. The molecule has 6 heteroatoms. The smallest absolute Gasteiger partial charge is 0.261 e. The molecular formula is C25H31ClN2O3. The molecule has 1 saturated carbocycles. The van der Waals surface area contributed by atoms with Crippen LogP contribution in [0.2, 0.25) is 5.02 Å². The van der Waals surface area contributed by atoms with E-state index >= 15 is 0 Å². The average molecular weight is 443 g/mol. The first-order valence-electron chi connectivity index (χ1n) is 10.9. The Morgan fingerprint density at radius 2 is 1.87 bits per heavy atom. The summed E-state index contributed by atoms with van der Waals surface area (Å²) in [4.78, 5) is 27.6. The molecule has 31 heavy (non-hydrogen) atoms. The van der Waals surface area contributed by atoms with E-state index in [0.717, 1.165) is 42.4 Å². The molecule has 0 aromatic heterocycles. The van der Waals surface area contributed by atoms with Gasteiger partial charge in [-0.1, -0.05) is 48.7 Å². The number of nitrogens with zero attached hydrogens (tertiary/aromatic N) is 1. The van der Waals surface area contributed by atoms with E-state index < -0.39 is 6.04 Å². The molecule has 2 aromatic rings. The molecule has 1 fully saturated rings. The predicted octanol–water partition coefficient (Wildman–Crippen LogP) is 4.81. The SMILES string of the molecule is Cc1cccc(OCC(=O)N(Cc2cccc(Cl)c2)C(C)C(=O)NC2CCCC2)c1C. The summed E-state index contributed by atoms with van der Waals surface area (Å²) in [5.41, 5.74) is 2.97. The number of rotatable bonds is 8. The standard InChI is InChI=1S/C25H31ClN2O3/c1-17-8-6-13-23(18(17)2)31-16-24(29)28(15-20-9-7-10-21(26)14-20)19(3)25(30)27-22-11-4-5-12-22/h6-10,13-14,19,22H,4-5,11-12,15-16H2,1-3H3,(H,27,30). The maximum Gasteiger partial charge on any atom is 0.261 e. The van der Waals surface area contributed by atoms with Crippen LogP contribution in [0.3, 0.4) is 0 Å². The van der Waals surface area contributed by atoms with Crippen molar-refractivity contribution in [1.82, 2.24) is 10.2 Å². The molecule has 1 atom stereocenters. The highest BCUT2D eigenvalue weighted by Gasteiger charge is 2.28. The number of ether oxygens (including phenoxy) is 1. The van der Waals surface area contributed by atoms with E-state index in [1.165, 1.54) is 0 Å². The topological polar surface area (TPSA) is 58.6 Å². The lowest BCUT2D eigenvalue weighted by Gasteiger charge is -2.30. The Kier molecular flexibility index (Phi) is 7.97. The summed E-state index contributed by atoms with van der Waals surface area (Å²) in [5, 5.41) is 3.70. The van der Waals surface area contributed by atoms with Gasteiger partial charge in [-0.25, -0.2) is 0 Å². The third kappa shape index (κ3) is 6.23. The molecule has 0 radical (unpaired) electrons. The molecule has 5 nitrogen and oxygen atoms in total. The van der Waals surface area contributed by atoms with Crippen LogP contribution >= 0.6 is 11.6 Å². The zero-order valence-corrected chi connectivity index (χ0v) is 19.2. The first-order chi connectivity index (χ1) is 14.8. The number of hydrogen-bond acceptors (Lipinski definition) is 3.